The van der Waals surface area contributed by atoms with Crippen LogP contribution in [0.2, 0.25) is 0 Å². The van der Waals surface area contributed by atoms with Gasteiger partial charge in [-0.05, 0) is 32.8 Å². The molecule has 1 fully saturated rings. The highest BCUT2D eigenvalue weighted by Crippen LogP contribution is 2.38. The molecule has 4 rings (SSSR count). The SMILES string of the molecule is Cc1cc2nc(-c3n[nH]c(C4CC4)n3)cc(C)n2n1. The number of nitrogens with one attached hydrogen (secondary N) is 1. The van der Waals surface area contributed by atoms with E-state index < -0.39 is 0 Å². The smallest absolute Gasteiger partial charge is 0.199 e. The Morgan fingerprint density at radius 2 is 2.05 bits per heavy atom. The number of aryl methyl sites for hydroxylation is 2. The van der Waals surface area contributed by atoms with Crippen LogP contribution in [0.3, 0.4) is 0 Å². The zero-order valence-electron chi connectivity index (χ0n) is 10.9. The van der Waals surface area contributed by atoms with Crippen LogP contribution in [0, 0.1) is 13.8 Å². The number of fused-ring (bicyclic) bond motifs is 1. The minimum Gasteiger partial charge on any atom is -0.262 e. The van der Waals surface area contributed by atoms with E-state index in [1.54, 1.807) is 0 Å². The van der Waals surface area contributed by atoms with Crippen molar-refractivity contribution in [3.8, 4) is 11.5 Å². The second kappa shape index (κ2) is 3.63. The lowest BCUT2D eigenvalue weighted by Crippen LogP contribution is -1.98. The quantitative estimate of drug-likeness (QED) is 0.759. The van der Waals surface area contributed by atoms with E-state index in [1.165, 1.54) is 12.8 Å². The molecule has 0 spiro atoms. The molecule has 0 radical (unpaired) electrons. The number of hydrogen-bond acceptors (Lipinski definition) is 4. The highest BCUT2D eigenvalue weighted by atomic mass is 15.3. The summed E-state index contributed by atoms with van der Waals surface area (Å²) >= 11 is 0. The monoisotopic (exact) mass is 254 g/mol. The third-order valence-electron chi connectivity index (χ3n) is 3.42. The Morgan fingerprint density at radius 1 is 1.21 bits per heavy atom. The Labute approximate surface area is 109 Å². The van der Waals surface area contributed by atoms with Gasteiger partial charge in [0.25, 0.3) is 0 Å². The Hall–Kier alpha value is -2.24. The average Bonchev–Trinajstić information content (AvgIpc) is 2.98. The summed E-state index contributed by atoms with van der Waals surface area (Å²) < 4.78 is 1.84. The Balaban J connectivity index is 1.84. The van der Waals surface area contributed by atoms with Crippen molar-refractivity contribution in [2.45, 2.75) is 32.6 Å². The van der Waals surface area contributed by atoms with Crippen LogP contribution in [0.1, 0.15) is 36.0 Å². The van der Waals surface area contributed by atoms with Crippen molar-refractivity contribution in [3.63, 3.8) is 0 Å². The van der Waals surface area contributed by atoms with Gasteiger partial charge in [-0.25, -0.2) is 14.5 Å². The van der Waals surface area contributed by atoms with Gasteiger partial charge >= 0.3 is 0 Å². The summed E-state index contributed by atoms with van der Waals surface area (Å²) in [5.74, 6) is 2.23. The predicted octanol–water partition coefficient (Wildman–Crippen LogP) is 2.01. The largest absolute Gasteiger partial charge is 0.262 e. The van der Waals surface area contributed by atoms with Gasteiger partial charge in [0, 0.05) is 17.7 Å². The van der Waals surface area contributed by atoms with Crippen LogP contribution in [0.4, 0.5) is 0 Å². The fourth-order valence-electron chi connectivity index (χ4n) is 2.28. The maximum absolute atomic E-state index is 4.58. The van der Waals surface area contributed by atoms with Gasteiger partial charge in [0.1, 0.15) is 11.5 Å². The summed E-state index contributed by atoms with van der Waals surface area (Å²) in [6.07, 6.45) is 2.42. The summed E-state index contributed by atoms with van der Waals surface area (Å²) in [6.45, 7) is 3.98. The predicted molar refractivity (Wildman–Crippen MR) is 69.8 cm³/mol. The van der Waals surface area contributed by atoms with E-state index in [9.17, 15) is 0 Å². The van der Waals surface area contributed by atoms with E-state index in [1.807, 2.05) is 30.5 Å². The number of rotatable bonds is 2. The number of nitrogens with zero attached hydrogens (tertiary/aromatic N) is 5. The molecule has 0 aliphatic heterocycles. The van der Waals surface area contributed by atoms with Crippen molar-refractivity contribution >= 4 is 5.65 Å². The first-order valence-electron chi connectivity index (χ1n) is 6.47. The third kappa shape index (κ3) is 1.71. The minimum atomic E-state index is 0.572. The van der Waals surface area contributed by atoms with E-state index in [-0.39, 0.29) is 0 Å². The van der Waals surface area contributed by atoms with E-state index in [2.05, 4.69) is 25.3 Å². The molecule has 0 unspecified atom stereocenters. The van der Waals surface area contributed by atoms with E-state index in [4.69, 9.17) is 0 Å². The first kappa shape index (κ1) is 10.7. The lowest BCUT2D eigenvalue weighted by molar-refractivity contribution is 0.877. The van der Waals surface area contributed by atoms with Gasteiger partial charge in [0.2, 0.25) is 0 Å². The van der Waals surface area contributed by atoms with Gasteiger partial charge in [-0.3, -0.25) is 5.10 Å². The summed E-state index contributed by atoms with van der Waals surface area (Å²) in [7, 11) is 0. The first-order chi connectivity index (χ1) is 9.20. The molecule has 1 saturated carbocycles. The van der Waals surface area contributed by atoms with E-state index >= 15 is 0 Å². The van der Waals surface area contributed by atoms with Crippen LogP contribution in [-0.4, -0.2) is 29.8 Å². The molecule has 3 aromatic rings. The molecule has 6 heteroatoms. The zero-order valence-corrected chi connectivity index (χ0v) is 10.9. The topological polar surface area (TPSA) is 71.8 Å². The molecular weight excluding hydrogens is 240 g/mol. The molecule has 96 valence electrons. The summed E-state index contributed by atoms with van der Waals surface area (Å²) in [4.78, 5) is 9.11. The second-order valence-corrected chi connectivity index (χ2v) is 5.16. The minimum absolute atomic E-state index is 0.572. The zero-order chi connectivity index (χ0) is 13.0. The van der Waals surface area contributed by atoms with E-state index in [0.29, 0.717) is 11.7 Å². The van der Waals surface area contributed by atoms with Gasteiger partial charge in [0.05, 0.1) is 5.69 Å². The lowest BCUT2D eigenvalue weighted by atomic mass is 10.3. The van der Waals surface area contributed by atoms with Crippen LogP contribution >= 0.6 is 0 Å². The van der Waals surface area contributed by atoms with Crippen molar-refractivity contribution in [3.05, 3.63) is 29.3 Å². The molecule has 1 aliphatic rings. The molecule has 0 amide bonds. The van der Waals surface area contributed by atoms with Crippen molar-refractivity contribution in [2.75, 3.05) is 0 Å². The molecular formula is C13H14N6. The fourth-order valence-corrected chi connectivity index (χ4v) is 2.28. The highest BCUT2D eigenvalue weighted by molar-refractivity contribution is 5.55. The fraction of sp³-hybridized carbons (Fsp3) is 0.385. The number of H-pyrrole nitrogens is 1. The molecule has 0 saturated heterocycles. The summed E-state index contributed by atoms with van der Waals surface area (Å²) in [6, 6.07) is 3.93. The van der Waals surface area contributed by atoms with Crippen molar-refractivity contribution < 1.29 is 0 Å². The Kier molecular flexibility index (Phi) is 2.04. The van der Waals surface area contributed by atoms with Gasteiger partial charge in [0.15, 0.2) is 11.5 Å². The Morgan fingerprint density at radius 3 is 2.84 bits per heavy atom. The number of aromatic amines is 1. The standard InChI is InChI=1S/C13H14N6/c1-7-5-11-14-10(6-8(2)19(11)18-7)13-15-12(16-17-13)9-3-4-9/h5-6,9H,3-4H2,1-2H3,(H,15,16,17). The van der Waals surface area contributed by atoms with Crippen LogP contribution in [0.5, 0.6) is 0 Å². The third-order valence-corrected chi connectivity index (χ3v) is 3.42. The van der Waals surface area contributed by atoms with Crippen LogP contribution in [0.15, 0.2) is 12.1 Å². The molecule has 6 nitrogen and oxygen atoms in total. The average molecular weight is 254 g/mol. The maximum Gasteiger partial charge on any atom is 0.199 e. The van der Waals surface area contributed by atoms with Gasteiger partial charge in [-0.1, -0.05) is 0 Å². The van der Waals surface area contributed by atoms with Crippen molar-refractivity contribution in [1.29, 1.82) is 0 Å². The lowest BCUT2D eigenvalue weighted by Gasteiger charge is -2.00. The normalized spacial score (nSPS) is 15.3. The maximum atomic E-state index is 4.58. The van der Waals surface area contributed by atoms with E-state index in [0.717, 1.165) is 28.6 Å². The van der Waals surface area contributed by atoms with Gasteiger partial charge < -0.3 is 0 Å². The van der Waals surface area contributed by atoms with Gasteiger partial charge in [-0.2, -0.15) is 10.2 Å². The molecule has 0 bridgehead atoms. The molecule has 3 heterocycles. The molecule has 3 aromatic heterocycles. The van der Waals surface area contributed by atoms with Crippen molar-refractivity contribution in [1.82, 2.24) is 29.8 Å². The first-order valence-corrected chi connectivity index (χ1v) is 6.47. The molecule has 1 N–H and O–H groups in total. The molecule has 0 aromatic carbocycles. The highest BCUT2D eigenvalue weighted by Gasteiger charge is 2.27. The molecule has 1 aliphatic carbocycles. The molecule has 19 heavy (non-hydrogen) atoms. The van der Waals surface area contributed by atoms with Crippen LogP contribution in [-0.2, 0) is 0 Å². The van der Waals surface area contributed by atoms with Crippen molar-refractivity contribution in [2.24, 2.45) is 0 Å². The van der Waals surface area contributed by atoms with Crippen LogP contribution in [0.25, 0.3) is 17.2 Å². The number of aromatic nitrogens is 6. The van der Waals surface area contributed by atoms with Gasteiger partial charge in [-0.15, -0.1) is 0 Å². The Bertz CT molecular complexity index is 765. The summed E-state index contributed by atoms with van der Waals surface area (Å²) in [5.41, 5.74) is 3.63. The molecule has 0 atom stereocenters. The number of hydrogen-bond donors (Lipinski definition) is 1. The van der Waals surface area contributed by atoms with Crippen LogP contribution < -0.4 is 0 Å². The second-order valence-electron chi connectivity index (χ2n) is 5.16. The summed E-state index contributed by atoms with van der Waals surface area (Å²) in [5, 5.41) is 11.7.